The predicted octanol–water partition coefficient (Wildman–Crippen LogP) is 1.24. The number of hydrogen-bond donors (Lipinski definition) is 1. The summed E-state index contributed by atoms with van der Waals surface area (Å²) in [6, 6.07) is -0.137. The zero-order valence-electron chi connectivity index (χ0n) is 8.11. The molecule has 0 fully saturated rings. The summed E-state index contributed by atoms with van der Waals surface area (Å²) in [5.41, 5.74) is 2.01. The summed E-state index contributed by atoms with van der Waals surface area (Å²) in [6.45, 7) is 3.30. The Hall–Kier alpha value is -1.23. The van der Waals surface area contributed by atoms with Gasteiger partial charge in [0.1, 0.15) is 11.5 Å². The molecule has 1 N–H and O–H groups in total. The first-order chi connectivity index (χ1) is 6.59. The molecule has 0 bridgehead atoms. The zero-order valence-corrected chi connectivity index (χ0v) is 8.93. The Bertz CT molecular complexity index is 322. The zero-order chi connectivity index (χ0) is 10.6. The number of Topliss-reactive ketones (excluding diaryl/α,β-unsaturated/α-hetero) is 1. The first-order valence-electron chi connectivity index (χ1n) is 4.28. The van der Waals surface area contributed by atoms with Crippen LogP contribution in [-0.2, 0) is 4.79 Å². The molecule has 0 aliphatic carbocycles. The molecule has 76 valence electrons. The van der Waals surface area contributed by atoms with Crippen LogP contribution in [0.5, 0.6) is 0 Å². The SMILES string of the molecule is CC(=O)CC(C)NC(=O)c1cscn1. The number of carbonyl (C=O) groups excluding carboxylic acids is 2. The third-order valence-corrected chi connectivity index (χ3v) is 2.22. The van der Waals surface area contributed by atoms with E-state index in [9.17, 15) is 9.59 Å². The van der Waals surface area contributed by atoms with E-state index >= 15 is 0 Å². The van der Waals surface area contributed by atoms with Crippen LogP contribution in [-0.4, -0.2) is 22.7 Å². The van der Waals surface area contributed by atoms with E-state index < -0.39 is 0 Å². The Kier molecular flexibility index (Phi) is 3.76. The summed E-state index contributed by atoms with van der Waals surface area (Å²) in [7, 11) is 0. The fraction of sp³-hybridized carbons (Fsp3) is 0.444. The van der Waals surface area contributed by atoms with Crippen LogP contribution in [0.2, 0.25) is 0 Å². The van der Waals surface area contributed by atoms with Crippen LogP contribution in [0.25, 0.3) is 0 Å². The van der Waals surface area contributed by atoms with Crippen molar-refractivity contribution in [1.29, 1.82) is 0 Å². The third-order valence-electron chi connectivity index (χ3n) is 1.64. The van der Waals surface area contributed by atoms with E-state index in [1.807, 2.05) is 0 Å². The van der Waals surface area contributed by atoms with Crippen LogP contribution in [0.15, 0.2) is 10.9 Å². The largest absolute Gasteiger partial charge is 0.348 e. The molecule has 4 nitrogen and oxygen atoms in total. The molecule has 0 aromatic carbocycles. The average molecular weight is 212 g/mol. The van der Waals surface area contributed by atoms with Gasteiger partial charge in [0.25, 0.3) is 5.91 Å². The monoisotopic (exact) mass is 212 g/mol. The molecule has 0 spiro atoms. The van der Waals surface area contributed by atoms with Gasteiger partial charge in [-0.1, -0.05) is 0 Å². The van der Waals surface area contributed by atoms with Crippen molar-refractivity contribution in [3.63, 3.8) is 0 Å². The minimum atomic E-state index is -0.222. The second-order valence-electron chi connectivity index (χ2n) is 3.15. The van der Waals surface area contributed by atoms with Crippen LogP contribution in [0.3, 0.4) is 0 Å². The topological polar surface area (TPSA) is 59.1 Å². The lowest BCUT2D eigenvalue weighted by molar-refractivity contribution is -0.117. The first-order valence-corrected chi connectivity index (χ1v) is 5.22. The van der Waals surface area contributed by atoms with Gasteiger partial charge in [0.15, 0.2) is 0 Å². The van der Waals surface area contributed by atoms with Gasteiger partial charge in [0.05, 0.1) is 5.51 Å². The maximum absolute atomic E-state index is 11.4. The Morgan fingerprint density at radius 2 is 2.36 bits per heavy atom. The van der Waals surface area contributed by atoms with E-state index in [1.165, 1.54) is 18.3 Å². The molecule has 1 rings (SSSR count). The van der Waals surface area contributed by atoms with Crippen molar-refractivity contribution < 1.29 is 9.59 Å². The van der Waals surface area contributed by atoms with Gasteiger partial charge in [-0.15, -0.1) is 11.3 Å². The molecule has 1 aromatic rings. The Morgan fingerprint density at radius 1 is 1.64 bits per heavy atom. The molecule has 0 saturated heterocycles. The number of carbonyl (C=O) groups is 2. The molecule has 1 unspecified atom stereocenters. The van der Waals surface area contributed by atoms with Gasteiger partial charge in [-0.25, -0.2) is 4.98 Å². The Balaban J connectivity index is 2.45. The van der Waals surface area contributed by atoms with Gasteiger partial charge >= 0.3 is 0 Å². The van der Waals surface area contributed by atoms with Crippen molar-refractivity contribution in [1.82, 2.24) is 10.3 Å². The van der Waals surface area contributed by atoms with Gasteiger partial charge < -0.3 is 5.32 Å². The fourth-order valence-corrected chi connectivity index (χ4v) is 1.64. The number of ketones is 1. The standard InChI is InChI=1S/C9H12N2O2S/c1-6(3-7(2)12)11-9(13)8-4-14-5-10-8/h4-6H,3H2,1-2H3,(H,11,13). The number of thiazole rings is 1. The lowest BCUT2D eigenvalue weighted by Crippen LogP contribution is -2.33. The van der Waals surface area contributed by atoms with Crippen molar-refractivity contribution in [2.75, 3.05) is 0 Å². The van der Waals surface area contributed by atoms with E-state index in [4.69, 9.17) is 0 Å². The lowest BCUT2D eigenvalue weighted by atomic mass is 10.2. The fourth-order valence-electron chi connectivity index (χ4n) is 1.10. The number of nitrogens with zero attached hydrogens (tertiary/aromatic N) is 1. The summed E-state index contributed by atoms with van der Waals surface area (Å²) in [6.07, 6.45) is 0.357. The van der Waals surface area contributed by atoms with Crippen LogP contribution in [0.1, 0.15) is 30.8 Å². The van der Waals surface area contributed by atoms with E-state index in [1.54, 1.807) is 17.8 Å². The highest BCUT2D eigenvalue weighted by Gasteiger charge is 2.12. The number of rotatable bonds is 4. The normalized spacial score (nSPS) is 12.1. The molecular weight excluding hydrogens is 200 g/mol. The highest BCUT2D eigenvalue weighted by Crippen LogP contribution is 2.01. The van der Waals surface area contributed by atoms with Gasteiger partial charge in [0, 0.05) is 17.8 Å². The van der Waals surface area contributed by atoms with Crippen LogP contribution in [0, 0.1) is 0 Å². The van der Waals surface area contributed by atoms with Gasteiger partial charge in [-0.3, -0.25) is 9.59 Å². The van der Waals surface area contributed by atoms with E-state index in [0.717, 1.165) is 0 Å². The molecule has 0 aliphatic heterocycles. The molecule has 1 aromatic heterocycles. The van der Waals surface area contributed by atoms with Crippen LogP contribution in [0.4, 0.5) is 0 Å². The molecule has 0 saturated carbocycles. The minimum absolute atomic E-state index is 0.0658. The third kappa shape index (κ3) is 3.26. The maximum atomic E-state index is 11.4. The average Bonchev–Trinajstić information content (AvgIpc) is 2.53. The molecule has 1 amide bonds. The van der Waals surface area contributed by atoms with E-state index in [2.05, 4.69) is 10.3 Å². The molecule has 5 heteroatoms. The smallest absolute Gasteiger partial charge is 0.270 e. The quantitative estimate of drug-likeness (QED) is 0.816. The van der Waals surface area contributed by atoms with Crippen molar-refractivity contribution in [2.24, 2.45) is 0 Å². The van der Waals surface area contributed by atoms with Gasteiger partial charge in [-0.05, 0) is 13.8 Å². The predicted molar refractivity (Wildman–Crippen MR) is 54.3 cm³/mol. The minimum Gasteiger partial charge on any atom is -0.348 e. The molecule has 0 aliphatic rings. The number of amides is 1. The maximum Gasteiger partial charge on any atom is 0.270 e. The van der Waals surface area contributed by atoms with E-state index in [-0.39, 0.29) is 17.7 Å². The molecule has 1 heterocycles. The summed E-state index contributed by atoms with van der Waals surface area (Å²) in [4.78, 5) is 26.0. The second-order valence-corrected chi connectivity index (χ2v) is 3.87. The first kappa shape index (κ1) is 10.8. The van der Waals surface area contributed by atoms with Gasteiger partial charge in [-0.2, -0.15) is 0 Å². The molecule has 0 radical (unpaired) electrons. The summed E-state index contributed by atoms with van der Waals surface area (Å²) >= 11 is 1.37. The Morgan fingerprint density at radius 3 is 2.86 bits per heavy atom. The number of aromatic nitrogens is 1. The Labute approximate surface area is 86.4 Å². The molecular formula is C9H12N2O2S. The van der Waals surface area contributed by atoms with Crippen molar-refractivity contribution in [3.8, 4) is 0 Å². The summed E-state index contributed by atoms with van der Waals surface area (Å²) in [5.74, 6) is -0.156. The lowest BCUT2D eigenvalue weighted by Gasteiger charge is -2.10. The van der Waals surface area contributed by atoms with Crippen LogP contribution >= 0.6 is 11.3 Å². The van der Waals surface area contributed by atoms with E-state index in [0.29, 0.717) is 12.1 Å². The highest BCUT2D eigenvalue weighted by molar-refractivity contribution is 7.07. The molecule has 14 heavy (non-hydrogen) atoms. The highest BCUT2D eigenvalue weighted by atomic mass is 32.1. The van der Waals surface area contributed by atoms with Crippen LogP contribution < -0.4 is 5.32 Å². The van der Waals surface area contributed by atoms with Gasteiger partial charge in [0.2, 0.25) is 0 Å². The summed E-state index contributed by atoms with van der Waals surface area (Å²) in [5, 5.41) is 4.37. The molecule has 1 atom stereocenters. The second kappa shape index (κ2) is 4.85. The number of nitrogens with one attached hydrogen (secondary N) is 1. The van der Waals surface area contributed by atoms with Crippen molar-refractivity contribution in [3.05, 3.63) is 16.6 Å². The van der Waals surface area contributed by atoms with Crippen molar-refractivity contribution >= 4 is 23.0 Å². The van der Waals surface area contributed by atoms with Crippen molar-refractivity contribution in [2.45, 2.75) is 26.3 Å². The number of hydrogen-bond acceptors (Lipinski definition) is 4. The summed E-state index contributed by atoms with van der Waals surface area (Å²) < 4.78 is 0.